The number of aromatic nitrogens is 3. The zero-order chi connectivity index (χ0) is 20.5. The normalized spacial score (nSPS) is 15.3. The maximum absolute atomic E-state index is 13.0. The molecule has 2 aromatic heterocycles. The van der Waals surface area contributed by atoms with Gasteiger partial charge in [-0.05, 0) is 55.0 Å². The van der Waals surface area contributed by atoms with Gasteiger partial charge in [-0.2, -0.15) is 18.6 Å². The molecule has 1 aliphatic rings. The number of aryl methyl sites for hydroxylation is 1. The van der Waals surface area contributed by atoms with Crippen LogP contribution in [-0.2, 0) is 0 Å². The molecule has 0 atom stereocenters. The van der Waals surface area contributed by atoms with Gasteiger partial charge in [0.2, 0.25) is 0 Å². The number of nitrogens with zero attached hydrogens (tertiary/aromatic N) is 4. The molecule has 3 aromatic rings. The lowest BCUT2D eigenvalue weighted by Gasteiger charge is -2.31. The lowest BCUT2D eigenvalue weighted by Crippen LogP contribution is -2.39. The number of carbonyl (C=O) groups is 1. The molecule has 0 saturated carbocycles. The van der Waals surface area contributed by atoms with Gasteiger partial charge in [0.1, 0.15) is 11.4 Å². The molecule has 0 aliphatic carbocycles. The maximum atomic E-state index is 13.0. The third-order valence-corrected chi connectivity index (χ3v) is 5.53. The number of methoxy groups -OCH3 is 1. The maximum Gasteiger partial charge on any atom is 0.333 e. The van der Waals surface area contributed by atoms with Gasteiger partial charge in [0.05, 0.1) is 7.11 Å². The fourth-order valence-corrected chi connectivity index (χ4v) is 3.93. The van der Waals surface area contributed by atoms with Crippen LogP contribution in [0.15, 0.2) is 36.7 Å². The highest BCUT2D eigenvalue weighted by molar-refractivity contribution is 5.92. The van der Waals surface area contributed by atoms with E-state index in [4.69, 9.17) is 4.74 Å². The van der Waals surface area contributed by atoms with Gasteiger partial charge in [-0.15, -0.1) is 0 Å². The van der Waals surface area contributed by atoms with Gasteiger partial charge in [-0.1, -0.05) is 0 Å². The first-order chi connectivity index (χ1) is 14.0. The molecule has 1 aliphatic heterocycles. The van der Waals surface area contributed by atoms with Crippen LogP contribution in [0.5, 0.6) is 5.75 Å². The Labute approximate surface area is 167 Å². The van der Waals surface area contributed by atoms with Crippen LogP contribution in [-0.4, -0.2) is 45.8 Å². The van der Waals surface area contributed by atoms with Crippen LogP contribution in [0.3, 0.4) is 0 Å². The van der Waals surface area contributed by atoms with Crippen LogP contribution >= 0.6 is 0 Å². The third kappa shape index (κ3) is 3.66. The zero-order valence-electron chi connectivity index (χ0n) is 16.3. The molecule has 29 heavy (non-hydrogen) atoms. The van der Waals surface area contributed by atoms with Crippen LogP contribution in [0.25, 0.3) is 10.8 Å². The number of hydrogen-bond acceptors (Lipinski definition) is 4. The van der Waals surface area contributed by atoms with E-state index in [2.05, 4.69) is 22.2 Å². The molecular formula is C21H22F2N4O2. The van der Waals surface area contributed by atoms with Crippen LogP contribution < -0.4 is 4.74 Å². The molecule has 1 aromatic carbocycles. The fraction of sp³-hybridized carbons (Fsp3) is 0.381. The van der Waals surface area contributed by atoms with E-state index in [1.54, 1.807) is 12.0 Å². The second kappa shape index (κ2) is 7.77. The van der Waals surface area contributed by atoms with Gasteiger partial charge >= 0.3 is 6.55 Å². The Morgan fingerprint density at radius 1 is 1.21 bits per heavy atom. The van der Waals surface area contributed by atoms with Crippen molar-refractivity contribution in [2.45, 2.75) is 32.2 Å². The molecule has 152 valence electrons. The number of alkyl halides is 2. The van der Waals surface area contributed by atoms with E-state index >= 15 is 0 Å². The summed E-state index contributed by atoms with van der Waals surface area (Å²) in [4.78, 5) is 18.8. The Morgan fingerprint density at radius 2 is 1.97 bits per heavy atom. The van der Waals surface area contributed by atoms with E-state index in [0.29, 0.717) is 17.8 Å². The quantitative estimate of drug-likeness (QED) is 0.660. The Bertz CT molecular complexity index is 1040. The van der Waals surface area contributed by atoms with Gasteiger partial charge in [0, 0.05) is 42.5 Å². The number of halogens is 2. The number of amides is 1. The molecule has 0 N–H and O–H groups in total. The number of hydrogen-bond donors (Lipinski definition) is 0. The van der Waals surface area contributed by atoms with E-state index in [1.165, 1.54) is 12.3 Å². The highest BCUT2D eigenvalue weighted by Crippen LogP contribution is 2.31. The Balaban J connectivity index is 1.48. The number of fused-ring (bicyclic) bond motifs is 1. The minimum atomic E-state index is -2.83. The lowest BCUT2D eigenvalue weighted by atomic mass is 9.92. The zero-order valence-corrected chi connectivity index (χ0v) is 16.3. The fourth-order valence-electron chi connectivity index (χ4n) is 3.93. The molecule has 1 saturated heterocycles. The molecule has 0 unspecified atom stereocenters. The molecule has 8 heteroatoms. The van der Waals surface area contributed by atoms with Crippen molar-refractivity contribution in [2.75, 3.05) is 20.2 Å². The number of piperidine rings is 1. The summed E-state index contributed by atoms with van der Waals surface area (Å²) in [7, 11) is 1.66. The summed E-state index contributed by atoms with van der Waals surface area (Å²) in [5, 5.41) is 5.66. The van der Waals surface area contributed by atoms with E-state index < -0.39 is 12.5 Å². The summed E-state index contributed by atoms with van der Waals surface area (Å²) in [5.74, 6) is 0.648. The summed E-state index contributed by atoms with van der Waals surface area (Å²) in [6.45, 7) is 0.159. The highest BCUT2D eigenvalue weighted by atomic mass is 19.3. The van der Waals surface area contributed by atoms with Crippen molar-refractivity contribution >= 4 is 16.7 Å². The summed E-state index contributed by atoms with van der Waals surface area (Å²) in [6.07, 6.45) is 4.56. The molecule has 6 nitrogen and oxygen atoms in total. The van der Waals surface area contributed by atoms with Crippen LogP contribution in [0.2, 0.25) is 0 Å². The molecule has 1 amide bonds. The van der Waals surface area contributed by atoms with E-state index in [1.807, 2.05) is 19.2 Å². The van der Waals surface area contributed by atoms with Crippen molar-refractivity contribution in [2.24, 2.45) is 0 Å². The molecule has 0 radical (unpaired) electrons. The summed E-state index contributed by atoms with van der Waals surface area (Å²) >= 11 is 0. The van der Waals surface area contributed by atoms with Crippen molar-refractivity contribution in [3.63, 3.8) is 0 Å². The Hall–Kier alpha value is -3.03. The predicted molar refractivity (Wildman–Crippen MR) is 104 cm³/mol. The average molecular weight is 400 g/mol. The van der Waals surface area contributed by atoms with Crippen molar-refractivity contribution in [1.82, 2.24) is 19.7 Å². The molecular weight excluding hydrogens is 378 g/mol. The van der Waals surface area contributed by atoms with Crippen molar-refractivity contribution in [3.8, 4) is 5.75 Å². The highest BCUT2D eigenvalue weighted by Gasteiger charge is 2.28. The number of likely N-dealkylation sites (tertiary alicyclic amines) is 1. The van der Waals surface area contributed by atoms with E-state index in [-0.39, 0.29) is 11.6 Å². The monoisotopic (exact) mass is 400 g/mol. The first-order valence-corrected chi connectivity index (χ1v) is 9.53. The second-order valence-electron chi connectivity index (χ2n) is 7.28. The standard InChI is InChI=1S/C21H22F2N4O2/c1-13-9-16-12-24-17(10-15(16)11-19(13)29-2)14-4-7-26(8-5-14)20(28)18-3-6-25-27(18)21(22)23/h3,6,9-12,14,21H,4-5,7-8H2,1-2H3. The van der Waals surface area contributed by atoms with Crippen molar-refractivity contribution < 1.29 is 18.3 Å². The number of benzene rings is 1. The Kier molecular flexibility index (Phi) is 5.17. The van der Waals surface area contributed by atoms with Crippen LogP contribution in [0.1, 0.15) is 47.1 Å². The number of carbonyl (C=O) groups excluding carboxylic acids is 1. The first kappa shape index (κ1) is 19.3. The van der Waals surface area contributed by atoms with Crippen LogP contribution in [0, 0.1) is 6.92 Å². The van der Waals surface area contributed by atoms with E-state index in [0.717, 1.165) is 40.6 Å². The first-order valence-electron chi connectivity index (χ1n) is 9.53. The number of rotatable bonds is 4. The molecule has 4 rings (SSSR count). The Morgan fingerprint density at radius 3 is 2.66 bits per heavy atom. The van der Waals surface area contributed by atoms with Gasteiger partial charge in [-0.25, -0.2) is 0 Å². The lowest BCUT2D eigenvalue weighted by molar-refractivity contribution is 0.0451. The van der Waals surface area contributed by atoms with Gasteiger partial charge < -0.3 is 9.64 Å². The van der Waals surface area contributed by atoms with Crippen molar-refractivity contribution in [3.05, 3.63) is 53.6 Å². The smallest absolute Gasteiger partial charge is 0.333 e. The van der Waals surface area contributed by atoms with Gasteiger partial charge in [0.15, 0.2) is 0 Å². The molecule has 3 heterocycles. The minimum Gasteiger partial charge on any atom is -0.496 e. The molecule has 0 bridgehead atoms. The summed E-state index contributed by atoms with van der Waals surface area (Å²) < 4.78 is 31.9. The number of ether oxygens (including phenoxy) is 1. The SMILES string of the molecule is COc1cc2cc(C3CCN(C(=O)c4ccnn4C(F)F)CC3)ncc2cc1C. The van der Waals surface area contributed by atoms with Crippen LogP contribution in [0.4, 0.5) is 8.78 Å². The summed E-state index contributed by atoms with van der Waals surface area (Å²) in [5.41, 5.74) is 1.96. The molecule has 0 spiro atoms. The van der Waals surface area contributed by atoms with Gasteiger partial charge in [0.25, 0.3) is 5.91 Å². The second-order valence-corrected chi connectivity index (χ2v) is 7.28. The van der Waals surface area contributed by atoms with E-state index in [9.17, 15) is 13.6 Å². The topological polar surface area (TPSA) is 60.2 Å². The largest absolute Gasteiger partial charge is 0.496 e. The van der Waals surface area contributed by atoms with Gasteiger partial charge in [-0.3, -0.25) is 9.78 Å². The third-order valence-electron chi connectivity index (χ3n) is 5.53. The number of pyridine rings is 1. The molecule has 1 fully saturated rings. The minimum absolute atomic E-state index is 0.0789. The average Bonchev–Trinajstić information content (AvgIpc) is 3.23. The van der Waals surface area contributed by atoms with Crippen molar-refractivity contribution in [1.29, 1.82) is 0 Å². The summed E-state index contributed by atoms with van der Waals surface area (Å²) in [6, 6.07) is 7.48. The predicted octanol–water partition coefficient (Wildman–Crippen LogP) is 4.16.